The van der Waals surface area contributed by atoms with Gasteiger partial charge >= 0.3 is 0 Å². The normalized spacial score (nSPS) is 10.2. The van der Waals surface area contributed by atoms with E-state index in [1.165, 1.54) is 18.2 Å². The van der Waals surface area contributed by atoms with Gasteiger partial charge in [0.25, 0.3) is 5.91 Å². The number of carbonyl (C=O) groups excluding carboxylic acids is 1. The lowest BCUT2D eigenvalue weighted by Gasteiger charge is -2.05. The van der Waals surface area contributed by atoms with Crippen LogP contribution in [0.15, 0.2) is 35.0 Å². The first-order chi connectivity index (χ1) is 8.16. The van der Waals surface area contributed by atoms with Crippen molar-refractivity contribution in [2.75, 3.05) is 5.73 Å². The van der Waals surface area contributed by atoms with Gasteiger partial charge in [-0.3, -0.25) is 4.79 Å². The fourth-order valence-electron chi connectivity index (χ4n) is 1.36. The first kappa shape index (κ1) is 11.6. The predicted molar refractivity (Wildman–Crippen MR) is 66.3 cm³/mol. The van der Waals surface area contributed by atoms with E-state index in [4.69, 9.17) is 5.73 Å². The zero-order valence-corrected chi connectivity index (χ0v) is 9.76. The molecule has 0 bridgehead atoms. The van der Waals surface area contributed by atoms with Crippen LogP contribution < -0.4 is 11.1 Å². The Morgan fingerprint density at radius 2 is 2.24 bits per heavy atom. The molecule has 1 aromatic carbocycles. The molecule has 3 N–H and O–H groups in total. The molecule has 17 heavy (non-hydrogen) atoms. The number of hydrogen-bond donors (Lipinski definition) is 2. The third-order valence-corrected chi connectivity index (χ3v) is 3.02. The standard InChI is InChI=1S/C12H11FN2OS/c13-10-2-1-9(5-11(10)14)12(16)15-6-8-3-4-17-7-8/h1-5,7H,6,14H2,(H,15,16). The van der Waals surface area contributed by atoms with E-state index in [-0.39, 0.29) is 11.6 Å². The number of benzene rings is 1. The minimum atomic E-state index is -0.514. The lowest BCUT2D eigenvalue weighted by atomic mass is 10.2. The summed E-state index contributed by atoms with van der Waals surface area (Å²) >= 11 is 1.57. The molecule has 0 fully saturated rings. The highest BCUT2D eigenvalue weighted by Crippen LogP contribution is 2.12. The first-order valence-electron chi connectivity index (χ1n) is 5.01. The molecule has 0 aliphatic carbocycles. The Hall–Kier alpha value is -1.88. The van der Waals surface area contributed by atoms with Crippen molar-refractivity contribution in [1.29, 1.82) is 0 Å². The van der Waals surface area contributed by atoms with E-state index in [0.717, 1.165) is 5.56 Å². The van der Waals surface area contributed by atoms with Crippen LogP contribution in [0.5, 0.6) is 0 Å². The fraction of sp³-hybridized carbons (Fsp3) is 0.0833. The monoisotopic (exact) mass is 250 g/mol. The summed E-state index contributed by atoms with van der Waals surface area (Å²) in [7, 11) is 0. The van der Waals surface area contributed by atoms with Gasteiger partial charge in [0.1, 0.15) is 5.82 Å². The molecule has 1 aromatic heterocycles. The Kier molecular flexibility index (Phi) is 3.39. The summed E-state index contributed by atoms with van der Waals surface area (Å²) in [6.07, 6.45) is 0. The molecule has 5 heteroatoms. The van der Waals surface area contributed by atoms with E-state index in [2.05, 4.69) is 5.32 Å². The molecule has 0 aliphatic rings. The van der Waals surface area contributed by atoms with Crippen LogP contribution in [0.4, 0.5) is 10.1 Å². The number of rotatable bonds is 3. The molecule has 1 heterocycles. The molecule has 88 valence electrons. The van der Waals surface area contributed by atoms with Crippen molar-refractivity contribution in [2.24, 2.45) is 0 Å². The molecular formula is C12H11FN2OS. The highest BCUT2D eigenvalue weighted by molar-refractivity contribution is 7.07. The van der Waals surface area contributed by atoms with E-state index in [9.17, 15) is 9.18 Å². The third-order valence-electron chi connectivity index (χ3n) is 2.29. The Balaban J connectivity index is 2.02. The quantitative estimate of drug-likeness (QED) is 0.822. The van der Waals surface area contributed by atoms with E-state index in [1.54, 1.807) is 11.3 Å². The predicted octanol–water partition coefficient (Wildman–Crippen LogP) is 2.40. The largest absolute Gasteiger partial charge is 0.396 e. The molecule has 2 aromatic rings. The maximum Gasteiger partial charge on any atom is 0.251 e. The van der Waals surface area contributed by atoms with Gasteiger partial charge in [0, 0.05) is 12.1 Å². The second-order valence-corrected chi connectivity index (χ2v) is 4.33. The van der Waals surface area contributed by atoms with Crippen molar-refractivity contribution in [3.05, 3.63) is 52.0 Å². The molecule has 0 saturated heterocycles. The van der Waals surface area contributed by atoms with Crippen LogP contribution in [0.1, 0.15) is 15.9 Å². The van der Waals surface area contributed by atoms with Crippen LogP contribution in [0.3, 0.4) is 0 Å². The van der Waals surface area contributed by atoms with Crippen LogP contribution in [-0.4, -0.2) is 5.91 Å². The van der Waals surface area contributed by atoms with Crippen molar-refractivity contribution in [3.8, 4) is 0 Å². The van der Waals surface area contributed by atoms with Gasteiger partial charge in [-0.1, -0.05) is 0 Å². The van der Waals surface area contributed by atoms with Gasteiger partial charge in [0.05, 0.1) is 5.69 Å². The molecule has 0 aliphatic heterocycles. The van der Waals surface area contributed by atoms with Crippen molar-refractivity contribution in [3.63, 3.8) is 0 Å². The van der Waals surface area contributed by atoms with E-state index >= 15 is 0 Å². The average molecular weight is 250 g/mol. The number of halogens is 1. The topological polar surface area (TPSA) is 55.1 Å². The SMILES string of the molecule is Nc1cc(C(=O)NCc2ccsc2)ccc1F. The molecule has 0 saturated carbocycles. The fourth-order valence-corrected chi connectivity index (χ4v) is 2.03. The van der Waals surface area contributed by atoms with E-state index in [1.807, 2.05) is 16.8 Å². The summed E-state index contributed by atoms with van der Waals surface area (Å²) in [5, 5.41) is 6.64. The van der Waals surface area contributed by atoms with Crippen LogP contribution in [0.2, 0.25) is 0 Å². The summed E-state index contributed by atoms with van der Waals surface area (Å²) in [5.74, 6) is -0.776. The summed E-state index contributed by atoms with van der Waals surface area (Å²) in [5.41, 5.74) is 6.78. The summed E-state index contributed by atoms with van der Waals surface area (Å²) in [4.78, 5) is 11.7. The van der Waals surface area contributed by atoms with E-state index < -0.39 is 5.82 Å². The lowest BCUT2D eigenvalue weighted by Crippen LogP contribution is -2.22. The van der Waals surface area contributed by atoms with E-state index in [0.29, 0.717) is 12.1 Å². The highest BCUT2D eigenvalue weighted by atomic mass is 32.1. The minimum absolute atomic E-state index is 0.0202. The lowest BCUT2D eigenvalue weighted by molar-refractivity contribution is 0.0951. The van der Waals surface area contributed by atoms with Crippen LogP contribution >= 0.6 is 11.3 Å². The second-order valence-electron chi connectivity index (χ2n) is 3.55. The Morgan fingerprint density at radius 1 is 1.41 bits per heavy atom. The summed E-state index contributed by atoms with van der Waals surface area (Å²) < 4.78 is 12.9. The molecule has 0 atom stereocenters. The first-order valence-corrected chi connectivity index (χ1v) is 5.95. The van der Waals surface area contributed by atoms with Crippen LogP contribution in [-0.2, 0) is 6.54 Å². The molecule has 2 rings (SSSR count). The molecule has 1 amide bonds. The van der Waals surface area contributed by atoms with Gasteiger partial charge in [-0.15, -0.1) is 0 Å². The molecule has 0 unspecified atom stereocenters. The van der Waals surface area contributed by atoms with Crippen molar-refractivity contribution in [2.45, 2.75) is 6.54 Å². The maximum atomic E-state index is 12.9. The van der Waals surface area contributed by atoms with Gasteiger partial charge in [0.2, 0.25) is 0 Å². The number of nitrogens with two attached hydrogens (primary N) is 1. The molecule has 3 nitrogen and oxygen atoms in total. The number of carbonyl (C=O) groups is 1. The van der Waals surface area contributed by atoms with Crippen molar-refractivity contribution >= 4 is 22.9 Å². The maximum absolute atomic E-state index is 12.9. The van der Waals surface area contributed by atoms with Gasteiger partial charge in [-0.2, -0.15) is 11.3 Å². The summed E-state index contributed by atoms with van der Waals surface area (Å²) in [6.45, 7) is 0.458. The molecular weight excluding hydrogens is 239 g/mol. The second kappa shape index (κ2) is 4.97. The van der Waals surface area contributed by atoms with Crippen molar-refractivity contribution in [1.82, 2.24) is 5.32 Å². The zero-order valence-electron chi connectivity index (χ0n) is 8.94. The minimum Gasteiger partial charge on any atom is -0.396 e. The number of anilines is 1. The molecule has 0 radical (unpaired) electrons. The number of thiophene rings is 1. The number of hydrogen-bond acceptors (Lipinski definition) is 3. The van der Waals surface area contributed by atoms with Gasteiger partial charge in [0.15, 0.2) is 0 Å². The number of nitrogen functional groups attached to an aromatic ring is 1. The number of amides is 1. The van der Waals surface area contributed by atoms with Crippen LogP contribution in [0.25, 0.3) is 0 Å². The summed E-state index contributed by atoms with van der Waals surface area (Å²) in [6, 6.07) is 5.87. The van der Waals surface area contributed by atoms with Crippen molar-refractivity contribution < 1.29 is 9.18 Å². The average Bonchev–Trinajstić information content (AvgIpc) is 2.82. The zero-order chi connectivity index (χ0) is 12.3. The third kappa shape index (κ3) is 2.82. The van der Waals surface area contributed by atoms with Gasteiger partial charge in [-0.25, -0.2) is 4.39 Å². The van der Waals surface area contributed by atoms with Crippen LogP contribution in [0, 0.1) is 5.82 Å². The molecule has 0 spiro atoms. The Bertz CT molecular complexity index is 525. The number of nitrogens with one attached hydrogen (secondary N) is 1. The van der Waals surface area contributed by atoms with Gasteiger partial charge < -0.3 is 11.1 Å². The Labute approximate surface area is 102 Å². The highest BCUT2D eigenvalue weighted by Gasteiger charge is 2.07. The smallest absolute Gasteiger partial charge is 0.251 e. The van der Waals surface area contributed by atoms with Gasteiger partial charge in [-0.05, 0) is 40.6 Å². The Morgan fingerprint density at radius 3 is 2.88 bits per heavy atom.